The molecule has 0 aliphatic carbocycles. The van der Waals surface area contributed by atoms with E-state index in [0.717, 1.165) is 0 Å². The lowest BCUT2D eigenvalue weighted by Crippen LogP contribution is -2.31. The van der Waals surface area contributed by atoms with Crippen LogP contribution in [0.15, 0.2) is 45.6 Å². The van der Waals surface area contributed by atoms with E-state index < -0.39 is 10.0 Å². The molecule has 10 heteroatoms. The number of aromatic nitrogens is 2. The Balaban J connectivity index is 1.71. The van der Waals surface area contributed by atoms with Crippen molar-refractivity contribution in [1.82, 2.24) is 15.0 Å². The predicted molar refractivity (Wildman–Crippen MR) is 95.7 cm³/mol. The monoisotopic (exact) mass is 376 g/mol. The molecule has 138 valence electrons. The summed E-state index contributed by atoms with van der Waals surface area (Å²) in [6, 6.07) is 7.91. The minimum absolute atomic E-state index is 0.0542. The second kappa shape index (κ2) is 7.75. The van der Waals surface area contributed by atoms with Gasteiger partial charge in [0.05, 0.1) is 36.9 Å². The highest BCUT2D eigenvalue weighted by molar-refractivity contribution is 7.92. The van der Waals surface area contributed by atoms with Crippen molar-refractivity contribution in [3.8, 4) is 0 Å². The molecule has 26 heavy (non-hydrogen) atoms. The highest BCUT2D eigenvalue weighted by atomic mass is 32.2. The number of anilines is 1. The quantitative estimate of drug-likeness (QED) is 0.802. The molecule has 3 rings (SSSR count). The van der Waals surface area contributed by atoms with E-state index >= 15 is 0 Å². The van der Waals surface area contributed by atoms with Gasteiger partial charge in [0.25, 0.3) is 10.0 Å². The molecule has 1 saturated heterocycles. The molecule has 0 unspecified atom stereocenters. The Morgan fingerprint density at radius 1 is 1.08 bits per heavy atom. The van der Waals surface area contributed by atoms with Gasteiger partial charge in [0.15, 0.2) is 0 Å². The third-order valence-electron chi connectivity index (χ3n) is 3.63. The van der Waals surface area contributed by atoms with E-state index in [0.29, 0.717) is 43.4 Å². The fourth-order valence-corrected chi connectivity index (χ4v) is 3.34. The van der Waals surface area contributed by atoms with Crippen LogP contribution in [0.2, 0.25) is 0 Å². The summed E-state index contributed by atoms with van der Waals surface area (Å²) in [5.41, 5.74) is 1.95. The van der Waals surface area contributed by atoms with Gasteiger partial charge in [-0.2, -0.15) is 0 Å². The van der Waals surface area contributed by atoms with E-state index in [2.05, 4.69) is 25.0 Å². The second-order valence-electron chi connectivity index (χ2n) is 5.83. The highest BCUT2D eigenvalue weighted by Gasteiger charge is 2.16. The van der Waals surface area contributed by atoms with Crippen molar-refractivity contribution in [2.24, 2.45) is 10.3 Å². The smallest absolute Gasteiger partial charge is 0.264 e. The van der Waals surface area contributed by atoms with Crippen LogP contribution in [0, 0.1) is 13.8 Å². The molecule has 0 bridgehead atoms. The van der Waals surface area contributed by atoms with Gasteiger partial charge in [-0.1, -0.05) is 5.22 Å². The fraction of sp³-hybridized carbons (Fsp3) is 0.375. The third kappa shape index (κ3) is 4.73. The van der Waals surface area contributed by atoms with Crippen LogP contribution >= 0.6 is 0 Å². The lowest BCUT2D eigenvalue weighted by atomic mass is 10.3. The van der Waals surface area contributed by atoms with Crippen LogP contribution in [0.4, 0.5) is 11.6 Å². The minimum Gasteiger partial charge on any atom is -0.378 e. The van der Waals surface area contributed by atoms with Crippen LogP contribution in [-0.2, 0) is 14.8 Å². The summed E-state index contributed by atoms with van der Waals surface area (Å²) in [6.45, 7) is 6.19. The number of benzene rings is 1. The maximum atomic E-state index is 12.5. The molecule has 0 atom stereocenters. The molecule has 1 aromatic carbocycles. The number of aryl methyl sites for hydroxylation is 2. The van der Waals surface area contributed by atoms with Gasteiger partial charge in [-0.25, -0.2) is 23.1 Å². The second-order valence-corrected chi connectivity index (χ2v) is 7.51. The third-order valence-corrected chi connectivity index (χ3v) is 4.97. The highest BCUT2D eigenvalue weighted by Crippen LogP contribution is 2.19. The molecule has 0 spiro atoms. The SMILES string of the molecule is Cc1cc(C)nc(NS(=O)(=O)c2ccc(N=NN3CCOCC3)cc2)n1. The van der Waals surface area contributed by atoms with E-state index in [1.165, 1.54) is 12.1 Å². The van der Waals surface area contributed by atoms with Crippen LogP contribution in [-0.4, -0.2) is 49.7 Å². The summed E-state index contributed by atoms with van der Waals surface area (Å²) in [7, 11) is -3.77. The summed E-state index contributed by atoms with van der Waals surface area (Å²) in [6.07, 6.45) is 0. The Labute approximate surface area is 152 Å². The molecule has 1 aromatic heterocycles. The van der Waals surface area contributed by atoms with E-state index in [-0.39, 0.29) is 10.8 Å². The van der Waals surface area contributed by atoms with Crippen molar-refractivity contribution in [3.05, 3.63) is 41.7 Å². The van der Waals surface area contributed by atoms with Crippen molar-refractivity contribution in [1.29, 1.82) is 0 Å². The number of hydrogen-bond donors (Lipinski definition) is 1. The number of ether oxygens (including phenoxy) is 1. The molecule has 1 aliphatic heterocycles. The van der Waals surface area contributed by atoms with Crippen molar-refractivity contribution in [2.75, 3.05) is 31.0 Å². The summed E-state index contributed by atoms with van der Waals surface area (Å²) in [4.78, 5) is 8.29. The number of nitrogens with one attached hydrogen (secondary N) is 1. The fourth-order valence-electron chi connectivity index (χ4n) is 2.40. The van der Waals surface area contributed by atoms with Crippen LogP contribution in [0.1, 0.15) is 11.4 Å². The zero-order chi connectivity index (χ0) is 18.6. The first kappa shape index (κ1) is 18.2. The Morgan fingerprint density at radius 2 is 1.69 bits per heavy atom. The lowest BCUT2D eigenvalue weighted by Gasteiger charge is -2.22. The molecule has 0 amide bonds. The first-order valence-electron chi connectivity index (χ1n) is 8.12. The first-order chi connectivity index (χ1) is 12.4. The van der Waals surface area contributed by atoms with Gasteiger partial charge in [0, 0.05) is 11.4 Å². The van der Waals surface area contributed by atoms with Gasteiger partial charge >= 0.3 is 0 Å². The first-order valence-corrected chi connectivity index (χ1v) is 9.60. The van der Waals surface area contributed by atoms with Gasteiger partial charge in [-0.15, -0.1) is 5.11 Å². The van der Waals surface area contributed by atoms with Crippen LogP contribution in [0.5, 0.6) is 0 Å². The molecule has 2 aromatic rings. The summed E-state index contributed by atoms with van der Waals surface area (Å²) < 4.78 is 32.6. The molecular formula is C16H20N6O3S. The molecule has 0 radical (unpaired) electrons. The number of hydrogen-bond acceptors (Lipinski definition) is 7. The molecule has 1 aliphatic rings. The van der Waals surface area contributed by atoms with Gasteiger partial charge in [-0.3, -0.25) is 5.01 Å². The van der Waals surface area contributed by atoms with E-state index in [9.17, 15) is 8.42 Å². The van der Waals surface area contributed by atoms with Crippen molar-refractivity contribution >= 4 is 21.7 Å². The van der Waals surface area contributed by atoms with E-state index in [1.54, 1.807) is 32.0 Å². The molecule has 1 N–H and O–H groups in total. The van der Waals surface area contributed by atoms with Gasteiger partial charge in [-0.05, 0) is 44.2 Å². The van der Waals surface area contributed by atoms with Gasteiger partial charge in [0.2, 0.25) is 5.95 Å². The Hall–Kier alpha value is -2.59. The largest absolute Gasteiger partial charge is 0.378 e. The molecule has 9 nitrogen and oxygen atoms in total. The summed E-state index contributed by atoms with van der Waals surface area (Å²) in [5.74, 6) is 0.0542. The summed E-state index contributed by atoms with van der Waals surface area (Å²) >= 11 is 0. The van der Waals surface area contributed by atoms with Crippen molar-refractivity contribution < 1.29 is 13.2 Å². The van der Waals surface area contributed by atoms with Gasteiger partial charge < -0.3 is 4.74 Å². The minimum atomic E-state index is -3.77. The molecule has 0 saturated carbocycles. The summed E-state index contributed by atoms with van der Waals surface area (Å²) in [5, 5.41) is 10.1. The molecular weight excluding hydrogens is 356 g/mol. The van der Waals surface area contributed by atoms with Crippen molar-refractivity contribution in [2.45, 2.75) is 18.7 Å². The Morgan fingerprint density at radius 3 is 2.31 bits per heavy atom. The molecule has 1 fully saturated rings. The van der Waals surface area contributed by atoms with Crippen LogP contribution in [0.3, 0.4) is 0 Å². The number of morpholine rings is 1. The standard InChI is InChI=1S/C16H20N6O3S/c1-12-11-13(2)18-16(17-12)20-26(23,24)15-5-3-14(4-6-15)19-21-22-7-9-25-10-8-22/h3-6,11H,7-10H2,1-2H3,(H,17,18,20). The maximum absolute atomic E-state index is 12.5. The zero-order valence-corrected chi connectivity index (χ0v) is 15.4. The van der Waals surface area contributed by atoms with Crippen LogP contribution < -0.4 is 4.72 Å². The van der Waals surface area contributed by atoms with Crippen LogP contribution in [0.25, 0.3) is 0 Å². The normalized spacial score (nSPS) is 15.4. The zero-order valence-electron chi connectivity index (χ0n) is 14.6. The van der Waals surface area contributed by atoms with E-state index in [1.807, 2.05) is 5.01 Å². The lowest BCUT2D eigenvalue weighted by molar-refractivity contribution is 0.0353. The average molecular weight is 376 g/mol. The Bertz CT molecular complexity index is 872. The van der Waals surface area contributed by atoms with Gasteiger partial charge in [0.1, 0.15) is 0 Å². The average Bonchev–Trinajstić information content (AvgIpc) is 2.60. The number of nitrogens with zero attached hydrogens (tertiary/aromatic N) is 5. The number of sulfonamides is 1. The maximum Gasteiger partial charge on any atom is 0.264 e. The number of rotatable bonds is 5. The Kier molecular flexibility index (Phi) is 5.43. The molecule has 2 heterocycles. The van der Waals surface area contributed by atoms with Crippen molar-refractivity contribution in [3.63, 3.8) is 0 Å². The predicted octanol–water partition coefficient (Wildman–Crippen LogP) is 2.23. The van der Waals surface area contributed by atoms with E-state index in [4.69, 9.17) is 4.74 Å². The topological polar surface area (TPSA) is 109 Å².